The van der Waals surface area contributed by atoms with Crippen LogP contribution in [0.1, 0.15) is 32.0 Å². The summed E-state index contributed by atoms with van der Waals surface area (Å²) in [5, 5.41) is 10.5. The molecule has 1 aromatic heterocycles. The second-order valence-electron chi connectivity index (χ2n) is 8.71. The van der Waals surface area contributed by atoms with Gasteiger partial charge in [0.1, 0.15) is 5.75 Å². The summed E-state index contributed by atoms with van der Waals surface area (Å²) in [4.78, 5) is 16.4. The van der Waals surface area contributed by atoms with Crippen LogP contribution < -0.4 is 5.43 Å². The Morgan fingerprint density at radius 3 is 1.97 bits per heavy atom. The lowest BCUT2D eigenvalue weighted by Crippen LogP contribution is -2.10. The largest absolute Gasteiger partial charge is 0.506 e. The average Bonchev–Trinajstić information content (AvgIpc) is 2.70. The highest BCUT2D eigenvalue weighted by Gasteiger charge is 2.15. The molecule has 0 amide bonds. The predicted molar refractivity (Wildman–Crippen MR) is 126 cm³/mol. The monoisotopic (exact) mass is 417 g/mol. The molecule has 2 N–H and O–H groups in total. The number of phenols is 1. The number of hydrogen-bond donors (Lipinski definition) is 2. The molecule has 1 heterocycles. The molecule has 4 heteroatoms. The summed E-state index contributed by atoms with van der Waals surface area (Å²) in [6.45, 7) is 8.47. The molecule has 0 unspecified atom stereocenters. The van der Waals surface area contributed by atoms with Gasteiger partial charge in [0.05, 0.1) is 10.5 Å². The Labute approximate surface area is 181 Å². The molecule has 0 radical (unpaired) electrons. The number of aryl methyl sites for hydroxylation is 1. The zero-order valence-electron chi connectivity index (χ0n) is 17.5. The van der Waals surface area contributed by atoms with Crippen LogP contribution in [0.3, 0.4) is 0 Å². The Balaban J connectivity index is 1.75. The highest BCUT2D eigenvalue weighted by molar-refractivity contribution is 6.32. The first-order valence-corrected chi connectivity index (χ1v) is 10.3. The fraction of sp³-hybridized carbons (Fsp3) is 0.192. The SMILES string of the molecule is Cc1[nH]c2cc(O)c(Cl)cc2c(=O)c1-c1ccc(-c2ccc(C(C)(C)C)cc2)cc1. The minimum absolute atomic E-state index is 0.0474. The van der Waals surface area contributed by atoms with Crippen LogP contribution in [-0.2, 0) is 5.41 Å². The summed E-state index contributed by atoms with van der Waals surface area (Å²) < 4.78 is 0. The second kappa shape index (κ2) is 7.33. The number of hydrogen-bond acceptors (Lipinski definition) is 2. The topological polar surface area (TPSA) is 53.1 Å². The molecule has 152 valence electrons. The maximum Gasteiger partial charge on any atom is 0.197 e. The van der Waals surface area contributed by atoms with E-state index in [9.17, 15) is 9.90 Å². The van der Waals surface area contributed by atoms with Crippen molar-refractivity contribution in [3.63, 3.8) is 0 Å². The number of aromatic amines is 1. The molecular weight excluding hydrogens is 394 g/mol. The molecule has 0 fully saturated rings. The molecule has 0 saturated heterocycles. The van der Waals surface area contributed by atoms with Crippen molar-refractivity contribution < 1.29 is 5.11 Å². The van der Waals surface area contributed by atoms with Gasteiger partial charge in [-0.15, -0.1) is 0 Å². The van der Waals surface area contributed by atoms with Crippen LogP contribution >= 0.6 is 11.6 Å². The number of benzene rings is 3. The Morgan fingerprint density at radius 1 is 0.867 bits per heavy atom. The third-order valence-corrected chi connectivity index (χ3v) is 5.82. The number of nitrogens with one attached hydrogen (secondary N) is 1. The summed E-state index contributed by atoms with van der Waals surface area (Å²) in [5.41, 5.74) is 6.32. The van der Waals surface area contributed by atoms with Crippen LogP contribution in [0, 0.1) is 6.92 Å². The van der Waals surface area contributed by atoms with E-state index in [2.05, 4.69) is 50.0 Å². The molecule has 0 bridgehead atoms. The van der Waals surface area contributed by atoms with Gasteiger partial charge in [-0.1, -0.05) is 80.9 Å². The van der Waals surface area contributed by atoms with E-state index in [1.807, 2.05) is 31.2 Å². The normalized spacial score (nSPS) is 11.8. The second-order valence-corrected chi connectivity index (χ2v) is 9.12. The first-order valence-electron chi connectivity index (χ1n) is 9.91. The average molecular weight is 418 g/mol. The minimum Gasteiger partial charge on any atom is -0.506 e. The lowest BCUT2D eigenvalue weighted by atomic mass is 9.86. The number of H-pyrrole nitrogens is 1. The van der Waals surface area contributed by atoms with Crippen molar-refractivity contribution in [2.24, 2.45) is 0 Å². The van der Waals surface area contributed by atoms with E-state index < -0.39 is 0 Å². The third-order valence-electron chi connectivity index (χ3n) is 5.51. The lowest BCUT2D eigenvalue weighted by Gasteiger charge is -2.19. The van der Waals surface area contributed by atoms with E-state index in [-0.39, 0.29) is 21.6 Å². The van der Waals surface area contributed by atoms with Crippen LogP contribution in [0.15, 0.2) is 65.5 Å². The van der Waals surface area contributed by atoms with Crippen LogP contribution in [-0.4, -0.2) is 10.1 Å². The summed E-state index contributed by atoms with van der Waals surface area (Å²) in [6.07, 6.45) is 0. The molecule has 4 rings (SSSR count). The number of halogens is 1. The number of aromatic hydroxyl groups is 1. The maximum atomic E-state index is 13.1. The van der Waals surface area contributed by atoms with Gasteiger partial charge in [0.2, 0.25) is 0 Å². The van der Waals surface area contributed by atoms with Gasteiger partial charge < -0.3 is 10.1 Å². The lowest BCUT2D eigenvalue weighted by molar-refractivity contribution is 0.476. The Morgan fingerprint density at radius 2 is 1.40 bits per heavy atom. The van der Waals surface area contributed by atoms with E-state index in [0.29, 0.717) is 16.5 Å². The Bertz CT molecular complexity index is 1290. The van der Waals surface area contributed by atoms with Crippen LogP contribution in [0.4, 0.5) is 0 Å². The maximum absolute atomic E-state index is 13.1. The van der Waals surface area contributed by atoms with Crippen molar-refractivity contribution in [3.8, 4) is 28.0 Å². The van der Waals surface area contributed by atoms with E-state index >= 15 is 0 Å². The highest BCUT2D eigenvalue weighted by Crippen LogP contribution is 2.31. The van der Waals surface area contributed by atoms with Crippen molar-refractivity contribution in [2.45, 2.75) is 33.1 Å². The molecule has 0 saturated carbocycles. The standard InChI is InChI=1S/C26H24ClNO2/c1-15-24(25(30)20-13-21(27)23(29)14-22(20)28-15)18-7-5-16(6-8-18)17-9-11-19(12-10-17)26(2,3)4/h5-14,29H,1-4H3,(H,28,30). The summed E-state index contributed by atoms with van der Waals surface area (Å²) in [6, 6.07) is 19.6. The molecule has 3 aromatic carbocycles. The van der Waals surface area contributed by atoms with Gasteiger partial charge in [0.25, 0.3) is 0 Å². The molecule has 3 nitrogen and oxygen atoms in total. The fourth-order valence-electron chi connectivity index (χ4n) is 3.76. The molecule has 30 heavy (non-hydrogen) atoms. The van der Waals surface area contributed by atoms with Crippen molar-refractivity contribution in [2.75, 3.05) is 0 Å². The molecular formula is C26H24ClNO2. The van der Waals surface area contributed by atoms with Crippen molar-refractivity contribution >= 4 is 22.5 Å². The van der Waals surface area contributed by atoms with Gasteiger partial charge in [0.15, 0.2) is 5.43 Å². The molecule has 0 spiro atoms. The zero-order valence-corrected chi connectivity index (χ0v) is 18.3. The predicted octanol–water partition coefficient (Wildman–Crippen LogP) is 6.83. The number of fused-ring (bicyclic) bond motifs is 1. The van der Waals surface area contributed by atoms with Gasteiger partial charge in [-0.05, 0) is 40.7 Å². The zero-order chi connectivity index (χ0) is 21.6. The molecule has 4 aromatic rings. The number of phenolic OH excluding ortho intramolecular Hbond substituents is 1. The van der Waals surface area contributed by atoms with Crippen molar-refractivity contribution in [1.82, 2.24) is 4.98 Å². The van der Waals surface area contributed by atoms with Crippen LogP contribution in [0.5, 0.6) is 5.75 Å². The number of rotatable bonds is 2. The van der Waals surface area contributed by atoms with Crippen molar-refractivity contribution in [3.05, 3.63) is 87.2 Å². The van der Waals surface area contributed by atoms with Crippen LogP contribution in [0.25, 0.3) is 33.2 Å². The number of pyridine rings is 1. The van der Waals surface area contributed by atoms with Crippen LogP contribution in [0.2, 0.25) is 5.02 Å². The third kappa shape index (κ3) is 3.61. The van der Waals surface area contributed by atoms with E-state index in [0.717, 1.165) is 22.4 Å². The Hall–Kier alpha value is -3.04. The summed E-state index contributed by atoms with van der Waals surface area (Å²) >= 11 is 6.02. The molecule has 0 aliphatic carbocycles. The van der Waals surface area contributed by atoms with E-state index in [4.69, 9.17) is 11.6 Å². The molecule has 0 aliphatic heterocycles. The fourth-order valence-corrected chi connectivity index (χ4v) is 3.93. The quantitative estimate of drug-likeness (QED) is 0.375. The molecule has 0 aliphatic rings. The summed E-state index contributed by atoms with van der Waals surface area (Å²) in [7, 11) is 0. The summed E-state index contributed by atoms with van der Waals surface area (Å²) in [5.74, 6) is -0.0474. The smallest absolute Gasteiger partial charge is 0.197 e. The van der Waals surface area contributed by atoms with E-state index in [1.54, 1.807) is 0 Å². The minimum atomic E-state index is -0.106. The van der Waals surface area contributed by atoms with Gasteiger partial charge in [-0.2, -0.15) is 0 Å². The van der Waals surface area contributed by atoms with Gasteiger partial charge in [-0.25, -0.2) is 0 Å². The highest BCUT2D eigenvalue weighted by atomic mass is 35.5. The Kier molecular flexibility index (Phi) is 4.95. The van der Waals surface area contributed by atoms with E-state index in [1.165, 1.54) is 17.7 Å². The number of aromatic nitrogens is 1. The molecule has 0 atom stereocenters. The van der Waals surface area contributed by atoms with Gasteiger partial charge >= 0.3 is 0 Å². The van der Waals surface area contributed by atoms with Gasteiger partial charge in [0, 0.05) is 22.7 Å². The first-order chi connectivity index (χ1) is 14.1. The van der Waals surface area contributed by atoms with Gasteiger partial charge in [-0.3, -0.25) is 4.79 Å². The first kappa shape index (κ1) is 20.2. The van der Waals surface area contributed by atoms with Crippen molar-refractivity contribution in [1.29, 1.82) is 0 Å².